The smallest absolute Gasteiger partial charge is 0.122 e. The SMILES string of the molecule is COc1cc(C)c(CCCC#N)cc1C(C)(C)C. The summed E-state index contributed by atoms with van der Waals surface area (Å²) in [5.41, 5.74) is 3.89. The molecule has 0 fully saturated rings. The molecule has 0 spiro atoms. The fourth-order valence-corrected chi connectivity index (χ4v) is 2.11. The maximum atomic E-state index is 8.61. The third-order valence-corrected chi connectivity index (χ3v) is 3.20. The van der Waals surface area contributed by atoms with Crippen molar-refractivity contribution in [2.45, 2.75) is 52.4 Å². The lowest BCUT2D eigenvalue weighted by Gasteiger charge is -2.24. The summed E-state index contributed by atoms with van der Waals surface area (Å²) in [7, 11) is 1.72. The van der Waals surface area contributed by atoms with Gasteiger partial charge in [-0.2, -0.15) is 5.26 Å². The summed E-state index contributed by atoms with van der Waals surface area (Å²) in [6, 6.07) is 6.56. The Morgan fingerprint density at radius 1 is 1.28 bits per heavy atom. The van der Waals surface area contributed by atoms with Crippen LogP contribution in [0, 0.1) is 18.3 Å². The van der Waals surface area contributed by atoms with E-state index in [9.17, 15) is 0 Å². The molecule has 1 aromatic rings. The third kappa shape index (κ3) is 3.50. The Morgan fingerprint density at radius 3 is 2.44 bits per heavy atom. The number of unbranched alkanes of at least 4 members (excludes halogenated alkanes) is 1. The lowest BCUT2D eigenvalue weighted by molar-refractivity contribution is 0.397. The number of nitriles is 1. The van der Waals surface area contributed by atoms with Gasteiger partial charge in [0.05, 0.1) is 13.2 Å². The van der Waals surface area contributed by atoms with Gasteiger partial charge in [0, 0.05) is 6.42 Å². The van der Waals surface area contributed by atoms with Crippen molar-refractivity contribution >= 4 is 0 Å². The van der Waals surface area contributed by atoms with Crippen LogP contribution >= 0.6 is 0 Å². The molecule has 18 heavy (non-hydrogen) atoms. The van der Waals surface area contributed by atoms with Crippen LogP contribution in [0.2, 0.25) is 0 Å². The molecule has 0 amide bonds. The molecular weight excluding hydrogens is 222 g/mol. The third-order valence-electron chi connectivity index (χ3n) is 3.20. The number of rotatable bonds is 4. The van der Waals surface area contributed by atoms with Crippen molar-refractivity contribution in [2.75, 3.05) is 7.11 Å². The van der Waals surface area contributed by atoms with E-state index in [2.05, 4.69) is 45.9 Å². The van der Waals surface area contributed by atoms with Gasteiger partial charge >= 0.3 is 0 Å². The molecule has 98 valence electrons. The molecule has 0 aromatic heterocycles. The minimum absolute atomic E-state index is 0.0724. The van der Waals surface area contributed by atoms with Crippen LogP contribution in [-0.2, 0) is 11.8 Å². The van der Waals surface area contributed by atoms with E-state index < -0.39 is 0 Å². The average molecular weight is 245 g/mol. The van der Waals surface area contributed by atoms with Gasteiger partial charge in [-0.05, 0) is 47.9 Å². The van der Waals surface area contributed by atoms with Crippen molar-refractivity contribution in [3.63, 3.8) is 0 Å². The number of methoxy groups -OCH3 is 1. The Kier molecular flexibility index (Phi) is 4.78. The lowest BCUT2D eigenvalue weighted by atomic mass is 9.83. The van der Waals surface area contributed by atoms with Crippen LogP contribution in [0.3, 0.4) is 0 Å². The van der Waals surface area contributed by atoms with Gasteiger partial charge in [-0.25, -0.2) is 0 Å². The fourth-order valence-electron chi connectivity index (χ4n) is 2.11. The zero-order valence-corrected chi connectivity index (χ0v) is 12.1. The van der Waals surface area contributed by atoms with Crippen LogP contribution in [0.4, 0.5) is 0 Å². The minimum Gasteiger partial charge on any atom is -0.496 e. The van der Waals surface area contributed by atoms with Crippen molar-refractivity contribution in [3.8, 4) is 11.8 Å². The van der Waals surface area contributed by atoms with Crippen LogP contribution in [-0.4, -0.2) is 7.11 Å². The summed E-state index contributed by atoms with van der Waals surface area (Å²) in [4.78, 5) is 0. The number of aryl methyl sites for hydroxylation is 2. The Labute approximate surface area is 111 Å². The molecule has 0 aliphatic rings. The van der Waals surface area contributed by atoms with Crippen LogP contribution < -0.4 is 4.74 Å². The van der Waals surface area contributed by atoms with Crippen molar-refractivity contribution < 1.29 is 4.74 Å². The number of benzene rings is 1. The number of hydrogen-bond acceptors (Lipinski definition) is 2. The molecule has 0 saturated carbocycles. The highest BCUT2D eigenvalue weighted by Gasteiger charge is 2.20. The van der Waals surface area contributed by atoms with E-state index in [1.807, 2.05) is 0 Å². The minimum atomic E-state index is 0.0724. The van der Waals surface area contributed by atoms with Gasteiger partial charge in [-0.3, -0.25) is 0 Å². The second-order valence-corrected chi connectivity index (χ2v) is 5.74. The first kappa shape index (κ1) is 14.6. The van der Waals surface area contributed by atoms with E-state index in [1.54, 1.807) is 7.11 Å². The van der Waals surface area contributed by atoms with Gasteiger partial charge in [0.2, 0.25) is 0 Å². The summed E-state index contributed by atoms with van der Waals surface area (Å²) < 4.78 is 5.48. The van der Waals surface area contributed by atoms with E-state index in [4.69, 9.17) is 10.00 Å². The summed E-state index contributed by atoms with van der Waals surface area (Å²) in [5, 5.41) is 8.61. The summed E-state index contributed by atoms with van der Waals surface area (Å²) in [5.74, 6) is 0.962. The summed E-state index contributed by atoms with van der Waals surface area (Å²) in [6.07, 6.45) is 2.51. The van der Waals surface area contributed by atoms with Gasteiger partial charge in [0.15, 0.2) is 0 Å². The molecule has 0 N–H and O–H groups in total. The topological polar surface area (TPSA) is 33.0 Å². The quantitative estimate of drug-likeness (QED) is 0.747. The average Bonchev–Trinajstić information content (AvgIpc) is 2.29. The first-order valence-electron chi connectivity index (χ1n) is 6.45. The van der Waals surface area contributed by atoms with Gasteiger partial charge in [-0.1, -0.05) is 26.8 Å². The standard InChI is InChI=1S/C16H23NO/c1-12-10-15(18-5)14(16(2,3)4)11-13(12)8-6-7-9-17/h10-11H,6-8H2,1-5H3. The number of ether oxygens (including phenoxy) is 1. The number of hydrogen-bond donors (Lipinski definition) is 0. The van der Waals surface area contributed by atoms with E-state index in [1.165, 1.54) is 16.7 Å². The van der Waals surface area contributed by atoms with Crippen LogP contribution in [0.25, 0.3) is 0 Å². The normalized spacial score (nSPS) is 11.1. The first-order chi connectivity index (χ1) is 8.40. The highest BCUT2D eigenvalue weighted by Crippen LogP contribution is 2.34. The summed E-state index contributed by atoms with van der Waals surface area (Å²) >= 11 is 0. The Hall–Kier alpha value is -1.49. The molecule has 0 heterocycles. The highest BCUT2D eigenvalue weighted by atomic mass is 16.5. The summed E-state index contributed by atoms with van der Waals surface area (Å²) in [6.45, 7) is 8.69. The number of nitrogens with zero attached hydrogens (tertiary/aromatic N) is 1. The Balaban J connectivity index is 3.10. The Bertz CT molecular complexity index is 449. The molecular formula is C16H23NO. The monoisotopic (exact) mass is 245 g/mol. The molecule has 2 heteroatoms. The molecule has 1 aromatic carbocycles. The molecule has 0 atom stereocenters. The van der Waals surface area contributed by atoms with Crippen molar-refractivity contribution in [1.82, 2.24) is 0 Å². The zero-order valence-electron chi connectivity index (χ0n) is 12.1. The van der Waals surface area contributed by atoms with Gasteiger partial charge in [0.25, 0.3) is 0 Å². The molecule has 0 unspecified atom stereocenters. The van der Waals surface area contributed by atoms with Crippen molar-refractivity contribution in [2.24, 2.45) is 0 Å². The largest absolute Gasteiger partial charge is 0.496 e. The van der Waals surface area contributed by atoms with Crippen LogP contribution in [0.1, 0.15) is 50.3 Å². The van der Waals surface area contributed by atoms with Crippen molar-refractivity contribution in [3.05, 3.63) is 28.8 Å². The molecule has 1 rings (SSSR count). The zero-order chi connectivity index (χ0) is 13.8. The van der Waals surface area contributed by atoms with E-state index in [0.29, 0.717) is 6.42 Å². The van der Waals surface area contributed by atoms with E-state index >= 15 is 0 Å². The van der Waals surface area contributed by atoms with Gasteiger partial charge in [-0.15, -0.1) is 0 Å². The predicted octanol–water partition coefficient (Wildman–Crippen LogP) is 4.15. The fraction of sp³-hybridized carbons (Fsp3) is 0.562. The molecule has 0 aliphatic heterocycles. The van der Waals surface area contributed by atoms with E-state index in [0.717, 1.165) is 18.6 Å². The molecule has 0 bridgehead atoms. The van der Waals surface area contributed by atoms with Crippen LogP contribution in [0.15, 0.2) is 12.1 Å². The van der Waals surface area contributed by atoms with Gasteiger partial charge in [0.1, 0.15) is 5.75 Å². The van der Waals surface area contributed by atoms with E-state index in [-0.39, 0.29) is 5.41 Å². The maximum Gasteiger partial charge on any atom is 0.122 e. The molecule has 2 nitrogen and oxygen atoms in total. The highest BCUT2D eigenvalue weighted by molar-refractivity contribution is 5.45. The van der Waals surface area contributed by atoms with Crippen molar-refractivity contribution in [1.29, 1.82) is 5.26 Å². The molecule has 0 saturated heterocycles. The second-order valence-electron chi connectivity index (χ2n) is 5.74. The molecule has 0 radical (unpaired) electrons. The second kappa shape index (κ2) is 5.91. The Morgan fingerprint density at radius 2 is 1.94 bits per heavy atom. The maximum absolute atomic E-state index is 8.61. The lowest BCUT2D eigenvalue weighted by Crippen LogP contribution is -2.14. The molecule has 0 aliphatic carbocycles. The van der Waals surface area contributed by atoms with Crippen LogP contribution in [0.5, 0.6) is 5.75 Å². The van der Waals surface area contributed by atoms with Gasteiger partial charge < -0.3 is 4.74 Å². The predicted molar refractivity (Wildman–Crippen MR) is 75.0 cm³/mol. The first-order valence-corrected chi connectivity index (χ1v) is 6.45.